The van der Waals surface area contributed by atoms with E-state index in [0.29, 0.717) is 11.4 Å². The van der Waals surface area contributed by atoms with E-state index in [4.69, 9.17) is 0 Å². The van der Waals surface area contributed by atoms with E-state index >= 15 is 0 Å². The lowest BCUT2D eigenvalue weighted by atomic mass is 10.2. The molecule has 3 heterocycles. The number of rotatable bonds is 3. The fourth-order valence-corrected chi connectivity index (χ4v) is 3.69. The molecule has 0 spiro atoms. The topological polar surface area (TPSA) is 72.7 Å². The minimum absolute atomic E-state index is 0.196. The Bertz CT molecular complexity index is 1110. The van der Waals surface area contributed by atoms with E-state index in [2.05, 4.69) is 20.4 Å². The maximum Gasteiger partial charge on any atom is 0.257 e. The van der Waals surface area contributed by atoms with Crippen LogP contribution in [-0.2, 0) is 0 Å². The first-order valence-corrected chi connectivity index (χ1v) is 8.99. The highest BCUT2D eigenvalue weighted by atomic mass is 32.1. The summed E-state index contributed by atoms with van der Waals surface area (Å²) in [6, 6.07) is 11.2. The molecule has 0 bridgehead atoms. The minimum Gasteiger partial charge on any atom is -0.322 e. The predicted octanol–water partition coefficient (Wildman–Crippen LogP) is 4.05. The molecule has 0 fully saturated rings. The summed E-state index contributed by atoms with van der Waals surface area (Å²) >= 11 is 1.61. The van der Waals surface area contributed by atoms with Crippen molar-refractivity contribution in [2.24, 2.45) is 0 Å². The standard InChI is InChI=1S/C19H17N5OS/c1-11-8-12(2)24(23-11)18-7-4-14(10-20-18)19(25)22-15-5-6-16-17(9-15)26-13(3)21-16/h4-10H,1-3H3,(H,22,25). The lowest BCUT2D eigenvalue weighted by molar-refractivity contribution is 0.102. The van der Waals surface area contributed by atoms with E-state index in [1.807, 2.05) is 45.0 Å². The molecular weight excluding hydrogens is 346 g/mol. The molecule has 0 aliphatic rings. The summed E-state index contributed by atoms with van der Waals surface area (Å²) < 4.78 is 2.81. The van der Waals surface area contributed by atoms with Gasteiger partial charge in [-0.2, -0.15) is 5.10 Å². The van der Waals surface area contributed by atoms with Crippen LogP contribution < -0.4 is 5.32 Å². The number of carbonyl (C=O) groups is 1. The first kappa shape index (κ1) is 16.4. The number of anilines is 1. The van der Waals surface area contributed by atoms with Gasteiger partial charge in [0.15, 0.2) is 5.82 Å². The third-order valence-electron chi connectivity index (χ3n) is 3.99. The fourth-order valence-electron chi connectivity index (χ4n) is 2.83. The zero-order chi connectivity index (χ0) is 18.3. The summed E-state index contributed by atoms with van der Waals surface area (Å²) in [5.74, 6) is 0.492. The summed E-state index contributed by atoms with van der Waals surface area (Å²) in [6.45, 7) is 5.88. The fraction of sp³-hybridized carbons (Fsp3) is 0.158. The van der Waals surface area contributed by atoms with E-state index in [1.165, 1.54) is 0 Å². The first-order chi connectivity index (χ1) is 12.5. The van der Waals surface area contributed by atoms with Crippen molar-refractivity contribution in [1.82, 2.24) is 19.7 Å². The maximum atomic E-state index is 12.5. The molecule has 0 saturated heterocycles. The van der Waals surface area contributed by atoms with Crippen molar-refractivity contribution >= 4 is 33.1 Å². The van der Waals surface area contributed by atoms with Crippen molar-refractivity contribution < 1.29 is 4.79 Å². The number of pyridine rings is 1. The van der Waals surface area contributed by atoms with Crippen molar-refractivity contribution in [3.63, 3.8) is 0 Å². The van der Waals surface area contributed by atoms with Gasteiger partial charge in [-0.15, -0.1) is 11.3 Å². The van der Waals surface area contributed by atoms with Crippen LogP contribution in [-0.4, -0.2) is 25.7 Å². The Morgan fingerprint density at radius 1 is 1.12 bits per heavy atom. The van der Waals surface area contributed by atoms with Crippen LogP contribution in [0.4, 0.5) is 5.69 Å². The summed E-state index contributed by atoms with van der Waals surface area (Å²) in [4.78, 5) is 21.3. The molecule has 4 rings (SSSR count). The summed E-state index contributed by atoms with van der Waals surface area (Å²) in [6.07, 6.45) is 1.57. The number of aryl methyl sites for hydroxylation is 3. The molecule has 3 aromatic heterocycles. The van der Waals surface area contributed by atoms with Crippen molar-refractivity contribution in [3.8, 4) is 5.82 Å². The molecule has 0 atom stereocenters. The monoisotopic (exact) mass is 363 g/mol. The first-order valence-electron chi connectivity index (χ1n) is 8.18. The number of benzene rings is 1. The van der Waals surface area contributed by atoms with E-state index in [-0.39, 0.29) is 5.91 Å². The van der Waals surface area contributed by atoms with Crippen molar-refractivity contribution in [1.29, 1.82) is 0 Å². The van der Waals surface area contributed by atoms with E-state index in [0.717, 1.165) is 32.3 Å². The average Bonchev–Trinajstić information content (AvgIpc) is 3.15. The van der Waals surface area contributed by atoms with E-state index < -0.39 is 0 Å². The van der Waals surface area contributed by atoms with Gasteiger partial charge in [0, 0.05) is 17.6 Å². The molecule has 7 heteroatoms. The van der Waals surface area contributed by atoms with Crippen LogP contribution in [0.1, 0.15) is 26.8 Å². The highest BCUT2D eigenvalue weighted by Crippen LogP contribution is 2.25. The van der Waals surface area contributed by atoms with Gasteiger partial charge in [-0.3, -0.25) is 4.79 Å². The molecule has 26 heavy (non-hydrogen) atoms. The zero-order valence-corrected chi connectivity index (χ0v) is 15.5. The Labute approximate surface area is 154 Å². The van der Waals surface area contributed by atoms with Crippen LogP contribution >= 0.6 is 11.3 Å². The SMILES string of the molecule is Cc1cc(C)n(-c2ccc(C(=O)Nc3ccc4nc(C)sc4c3)cn2)n1. The number of hydrogen-bond acceptors (Lipinski definition) is 5. The number of aromatic nitrogens is 4. The number of fused-ring (bicyclic) bond motifs is 1. The quantitative estimate of drug-likeness (QED) is 0.596. The number of nitrogens with one attached hydrogen (secondary N) is 1. The molecule has 1 N–H and O–H groups in total. The largest absolute Gasteiger partial charge is 0.322 e. The van der Waals surface area contributed by atoms with Gasteiger partial charge in [-0.25, -0.2) is 14.6 Å². The Balaban J connectivity index is 1.54. The Morgan fingerprint density at radius 2 is 1.96 bits per heavy atom. The number of amides is 1. The van der Waals surface area contributed by atoms with Crippen LogP contribution in [0.5, 0.6) is 0 Å². The number of carbonyl (C=O) groups excluding carboxylic acids is 1. The minimum atomic E-state index is -0.196. The molecule has 0 aliphatic carbocycles. The average molecular weight is 363 g/mol. The molecule has 1 aromatic carbocycles. The molecule has 0 saturated carbocycles. The van der Waals surface area contributed by atoms with Crippen LogP contribution in [0.25, 0.3) is 16.0 Å². The predicted molar refractivity (Wildman–Crippen MR) is 103 cm³/mol. The molecule has 6 nitrogen and oxygen atoms in total. The van der Waals surface area contributed by atoms with Crippen molar-refractivity contribution in [2.75, 3.05) is 5.32 Å². The van der Waals surface area contributed by atoms with Crippen LogP contribution in [0.3, 0.4) is 0 Å². The second kappa shape index (κ2) is 6.34. The van der Waals surface area contributed by atoms with Crippen LogP contribution in [0.2, 0.25) is 0 Å². The molecule has 130 valence electrons. The van der Waals surface area contributed by atoms with Gasteiger partial charge in [0.1, 0.15) is 0 Å². The molecule has 0 aliphatic heterocycles. The number of nitrogens with zero attached hydrogens (tertiary/aromatic N) is 4. The maximum absolute atomic E-state index is 12.5. The Kier molecular flexibility index (Phi) is 4.00. The molecule has 1 amide bonds. The van der Waals surface area contributed by atoms with E-state index in [9.17, 15) is 4.79 Å². The molecule has 0 radical (unpaired) electrons. The van der Waals surface area contributed by atoms with Gasteiger partial charge in [-0.1, -0.05) is 0 Å². The smallest absolute Gasteiger partial charge is 0.257 e. The van der Waals surface area contributed by atoms with Crippen LogP contribution in [0.15, 0.2) is 42.6 Å². The highest BCUT2D eigenvalue weighted by molar-refractivity contribution is 7.18. The van der Waals surface area contributed by atoms with Gasteiger partial charge >= 0.3 is 0 Å². The summed E-state index contributed by atoms with van der Waals surface area (Å²) in [5, 5.41) is 8.32. The summed E-state index contributed by atoms with van der Waals surface area (Å²) in [7, 11) is 0. The molecule has 4 aromatic rings. The van der Waals surface area contributed by atoms with E-state index in [1.54, 1.807) is 34.3 Å². The zero-order valence-electron chi connectivity index (χ0n) is 14.6. The lowest BCUT2D eigenvalue weighted by Gasteiger charge is -2.07. The lowest BCUT2D eigenvalue weighted by Crippen LogP contribution is -2.12. The summed E-state index contributed by atoms with van der Waals surface area (Å²) in [5.41, 5.74) is 4.12. The molecule has 0 unspecified atom stereocenters. The Hall–Kier alpha value is -3.06. The van der Waals surface area contributed by atoms with Gasteiger partial charge in [0.25, 0.3) is 5.91 Å². The highest BCUT2D eigenvalue weighted by Gasteiger charge is 2.10. The third-order valence-corrected chi connectivity index (χ3v) is 4.92. The second-order valence-electron chi connectivity index (χ2n) is 6.11. The van der Waals surface area contributed by atoms with Crippen molar-refractivity contribution in [2.45, 2.75) is 20.8 Å². The van der Waals surface area contributed by atoms with Crippen LogP contribution in [0, 0.1) is 20.8 Å². The normalized spacial score (nSPS) is 11.0. The van der Waals surface area contributed by atoms with Gasteiger partial charge in [0.2, 0.25) is 0 Å². The number of hydrogen-bond donors (Lipinski definition) is 1. The van der Waals surface area contributed by atoms with Gasteiger partial charge in [-0.05, 0) is 57.2 Å². The second-order valence-corrected chi connectivity index (χ2v) is 7.35. The van der Waals surface area contributed by atoms with Crippen molar-refractivity contribution in [3.05, 3.63) is 64.6 Å². The Morgan fingerprint density at radius 3 is 2.65 bits per heavy atom. The molecular formula is C19H17N5OS. The van der Waals surface area contributed by atoms with Gasteiger partial charge in [0.05, 0.1) is 26.5 Å². The third kappa shape index (κ3) is 3.09. The van der Waals surface area contributed by atoms with Gasteiger partial charge < -0.3 is 5.32 Å². The number of thiazole rings is 1.